The summed E-state index contributed by atoms with van der Waals surface area (Å²) in [6.07, 6.45) is 1.88. The molecular formula is C8H11O-. The van der Waals surface area contributed by atoms with Gasteiger partial charge in [-0.25, -0.2) is 6.07 Å². The van der Waals surface area contributed by atoms with Crippen LogP contribution in [0.3, 0.4) is 0 Å². The van der Waals surface area contributed by atoms with Crippen LogP contribution in [0, 0.1) is 0 Å². The average molecular weight is 123 g/mol. The van der Waals surface area contributed by atoms with E-state index in [1.165, 1.54) is 5.56 Å². The summed E-state index contributed by atoms with van der Waals surface area (Å²) >= 11 is 0. The Morgan fingerprint density at radius 3 is 3.00 bits per heavy atom. The van der Waals surface area contributed by atoms with Gasteiger partial charge in [0.1, 0.15) is 0 Å². The van der Waals surface area contributed by atoms with Crippen molar-refractivity contribution in [2.45, 2.75) is 12.8 Å². The molecule has 0 aromatic heterocycles. The minimum absolute atomic E-state index is 0.297. The van der Waals surface area contributed by atoms with Crippen molar-refractivity contribution in [2.75, 3.05) is 6.61 Å². The average Bonchev–Trinajstić information content (AvgIpc) is 2.34. The third-order valence-corrected chi connectivity index (χ3v) is 1.36. The summed E-state index contributed by atoms with van der Waals surface area (Å²) < 4.78 is 0. The largest absolute Gasteiger partial charge is 0.396 e. The molecule has 0 heterocycles. The van der Waals surface area contributed by atoms with Crippen LogP contribution in [-0.2, 0) is 6.42 Å². The van der Waals surface area contributed by atoms with Gasteiger partial charge in [0, 0.05) is 6.61 Å². The lowest BCUT2D eigenvalue weighted by molar-refractivity contribution is 0.288. The Morgan fingerprint density at radius 2 is 2.44 bits per heavy atom. The zero-order valence-corrected chi connectivity index (χ0v) is 5.38. The lowest BCUT2D eigenvalue weighted by Crippen LogP contribution is -1.85. The van der Waals surface area contributed by atoms with E-state index in [1.54, 1.807) is 0 Å². The Balaban J connectivity index is 2.30. The quantitative estimate of drug-likeness (QED) is 0.601. The SMILES string of the molecule is OCCCc1cc[cH-]c1. The summed E-state index contributed by atoms with van der Waals surface area (Å²) in [5.41, 5.74) is 1.32. The molecule has 0 fully saturated rings. The summed E-state index contributed by atoms with van der Waals surface area (Å²) in [4.78, 5) is 0. The smallest absolute Gasteiger partial charge is 0.0424 e. The van der Waals surface area contributed by atoms with E-state index in [0.29, 0.717) is 6.61 Å². The van der Waals surface area contributed by atoms with Gasteiger partial charge in [-0.2, -0.15) is 23.8 Å². The van der Waals surface area contributed by atoms with Crippen molar-refractivity contribution in [1.82, 2.24) is 0 Å². The fraction of sp³-hybridized carbons (Fsp3) is 0.375. The maximum Gasteiger partial charge on any atom is 0.0424 e. The second-order valence-electron chi connectivity index (χ2n) is 2.12. The molecule has 0 saturated heterocycles. The first-order valence-electron chi connectivity index (χ1n) is 3.25. The molecule has 1 rings (SSSR count). The topological polar surface area (TPSA) is 20.2 Å². The van der Waals surface area contributed by atoms with Crippen LogP contribution in [0.1, 0.15) is 12.0 Å². The zero-order chi connectivity index (χ0) is 6.53. The van der Waals surface area contributed by atoms with Gasteiger partial charge in [0.2, 0.25) is 0 Å². The third-order valence-electron chi connectivity index (χ3n) is 1.36. The Kier molecular flexibility index (Phi) is 2.40. The predicted octanol–water partition coefficient (Wildman–Crippen LogP) is 1.33. The Bertz CT molecular complexity index is 142. The van der Waals surface area contributed by atoms with Crippen LogP contribution < -0.4 is 0 Å². The van der Waals surface area contributed by atoms with Gasteiger partial charge < -0.3 is 5.11 Å². The molecule has 0 amide bonds. The molecule has 0 spiro atoms. The molecule has 0 aliphatic carbocycles. The van der Waals surface area contributed by atoms with Crippen LogP contribution in [0.5, 0.6) is 0 Å². The molecule has 0 aliphatic heterocycles. The van der Waals surface area contributed by atoms with E-state index in [0.717, 1.165) is 12.8 Å². The number of aliphatic hydroxyl groups is 1. The van der Waals surface area contributed by atoms with Gasteiger partial charge in [0.25, 0.3) is 0 Å². The minimum atomic E-state index is 0.297. The van der Waals surface area contributed by atoms with Gasteiger partial charge in [-0.05, 0) is 6.42 Å². The number of hydrogen-bond acceptors (Lipinski definition) is 1. The number of aryl methyl sites for hydroxylation is 1. The molecule has 1 nitrogen and oxygen atoms in total. The van der Waals surface area contributed by atoms with Crippen molar-refractivity contribution in [3.8, 4) is 0 Å². The molecule has 0 unspecified atom stereocenters. The highest BCUT2D eigenvalue weighted by molar-refractivity contribution is 5.15. The number of hydrogen-bond donors (Lipinski definition) is 1. The molecule has 1 aromatic rings. The molecule has 0 radical (unpaired) electrons. The van der Waals surface area contributed by atoms with Crippen molar-refractivity contribution in [3.63, 3.8) is 0 Å². The van der Waals surface area contributed by atoms with E-state index in [9.17, 15) is 0 Å². The van der Waals surface area contributed by atoms with E-state index in [4.69, 9.17) is 5.11 Å². The van der Waals surface area contributed by atoms with Gasteiger partial charge in [0.05, 0.1) is 0 Å². The van der Waals surface area contributed by atoms with Crippen molar-refractivity contribution in [3.05, 3.63) is 29.8 Å². The predicted molar refractivity (Wildman–Crippen MR) is 37.4 cm³/mol. The lowest BCUT2D eigenvalue weighted by Gasteiger charge is -1.98. The zero-order valence-electron chi connectivity index (χ0n) is 5.38. The fourth-order valence-electron chi connectivity index (χ4n) is 0.864. The monoisotopic (exact) mass is 123 g/mol. The molecule has 50 valence electrons. The molecule has 0 atom stereocenters. The standard InChI is InChI=1S/C8H11O/c9-7-3-6-8-4-1-2-5-8/h1-2,4-5,9H,3,6-7H2/q-1. The fourth-order valence-corrected chi connectivity index (χ4v) is 0.864. The van der Waals surface area contributed by atoms with Crippen LogP contribution >= 0.6 is 0 Å². The summed E-state index contributed by atoms with van der Waals surface area (Å²) in [6, 6.07) is 8.20. The van der Waals surface area contributed by atoms with Crippen molar-refractivity contribution in [2.24, 2.45) is 0 Å². The third kappa shape index (κ3) is 1.94. The Labute approximate surface area is 55.3 Å². The van der Waals surface area contributed by atoms with Crippen LogP contribution in [0.25, 0.3) is 0 Å². The highest BCUT2D eigenvalue weighted by Gasteiger charge is 1.80. The molecular weight excluding hydrogens is 112 g/mol. The van der Waals surface area contributed by atoms with Crippen LogP contribution in [0.2, 0.25) is 0 Å². The highest BCUT2D eigenvalue weighted by atomic mass is 16.2. The van der Waals surface area contributed by atoms with Crippen molar-refractivity contribution in [1.29, 1.82) is 0 Å². The maximum absolute atomic E-state index is 8.47. The van der Waals surface area contributed by atoms with Crippen LogP contribution in [0.4, 0.5) is 0 Å². The van der Waals surface area contributed by atoms with Gasteiger partial charge in [-0.3, -0.25) is 0 Å². The van der Waals surface area contributed by atoms with Gasteiger partial charge >= 0.3 is 0 Å². The summed E-state index contributed by atoms with van der Waals surface area (Å²) in [5.74, 6) is 0. The van der Waals surface area contributed by atoms with Gasteiger partial charge in [-0.1, -0.05) is 6.42 Å². The summed E-state index contributed by atoms with van der Waals surface area (Å²) in [6.45, 7) is 0.297. The molecule has 9 heavy (non-hydrogen) atoms. The van der Waals surface area contributed by atoms with E-state index < -0.39 is 0 Å². The Hall–Kier alpha value is -0.690. The van der Waals surface area contributed by atoms with Crippen molar-refractivity contribution < 1.29 is 5.11 Å². The Morgan fingerprint density at radius 1 is 1.56 bits per heavy atom. The molecule has 0 aliphatic rings. The second-order valence-corrected chi connectivity index (χ2v) is 2.12. The summed E-state index contributed by atoms with van der Waals surface area (Å²) in [7, 11) is 0. The van der Waals surface area contributed by atoms with E-state index in [2.05, 4.69) is 12.1 Å². The van der Waals surface area contributed by atoms with E-state index >= 15 is 0 Å². The normalized spacial score (nSPS) is 9.89. The lowest BCUT2D eigenvalue weighted by atomic mass is 10.2. The summed E-state index contributed by atoms with van der Waals surface area (Å²) in [5, 5.41) is 8.47. The van der Waals surface area contributed by atoms with Crippen LogP contribution in [0.15, 0.2) is 24.3 Å². The molecule has 1 heteroatoms. The molecule has 1 N–H and O–H groups in total. The van der Waals surface area contributed by atoms with E-state index in [1.807, 2.05) is 12.1 Å². The molecule has 1 aromatic carbocycles. The van der Waals surface area contributed by atoms with Crippen LogP contribution in [-0.4, -0.2) is 11.7 Å². The van der Waals surface area contributed by atoms with Gasteiger partial charge in [-0.15, -0.1) is 0 Å². The van der Waals surface area contributed by atoms with Gasteiger partial charge in [0.15, 0.2) is 0 Å². The van der Waals surface area contributed by atoms with Crippen molar-refractivity contribution >= 4 is 0 Å². The molecule has 0 saturated carbocycles. The number of aliphatic hydroxyl groups excluding tert-OH is 1. The first kappa shape index (κ1) is 6.43. The molecule has 0 bridgehead atoms. The van der Waals surface area contributed by atoms with E-state index in [-0.39, 0.29) is 0 Å². The highest BCUT2D eigenvalue weighted by Crippen LogP contribution is 2.02. The number of rotatable bonds is 3. The first-order valence-corrected chi connectivity index (χ1v) is 3.25. The second kappa shape index (κ2) is 3.36. The first-order chi connectivity index (χ1) is 4.43. The minimum Gasteiger partial charge on any atom is -0.396 e. The maximum atomic E-state index is 8.47.